The number of methoxy groups -OCH3 is 1. The number of carbonyl (C=O) groups excluding carboxylic acids is 2. The van der Waals surface area contributed by atoms with Gasteiger partial charge in [-0.1, -0.05) is 12.2 Å². The molecule has 1 aromatic carbocycles. The van der Waals surface area contributed by atoms with Gasteiger partial charge in [-0.3, -0.25) is 4.79 Å². The molecule has 0 bridgehead atoms. The van der Waals surface area contributed by atoms with E-state index in [0.717, 1.165) is 6.29 Å². The van der Waals surface area contributed by atoms with E-state index in [-0.39, 0.29) is 17.9 Å². The fourth-order valence-electron chi connectivity index (χ4n) is 1.25. The van der Waals surface area contributed by atoms with Gasteiger partial charge >= 0.3 is 0 Å². The van der Waals surface area contributed by atoms with Gasteiger partial charge in [0.1, 0.15) is 12.6 Å². The number of ether oxygens (including phenoxy) is 1. The van der Waals surface area contributed by atoms with Crippen LogP contribution in [0.25, 0.3) is 6.08 Å². The molecule has 0 saturated heterocycles. The molecule has 1 N–H and O–H groups in total. The SMILES string of the molecule is COc1cc(C=O)cc(C=CCC=O)c1O. The number of allylic oxidation sites excluding steroid dienone is 1. The molecule has 0 aromatic heterocycles. The zero-order valence-corrected chi connectivity index (χ0v) is 8.84. The lowest BCUT2D eigenvalue weighted by atomic mass is 10.1. The molecule has 0 unspecified atom stereocenters. The molecule has 1 rings (SSSR count). The van der Waals surface area contributed by atoms with E-state index >= 15 is 0 Å². The standard InChI is InChI=1S/C12H12O4/c1-16-11-7-9(8-14)6-10(12(11)15)4-2-3-5-13/h2,4-8,15H,3H2,1H3. The summed E-state index contributed by atoms with van der Waals surface area (Å²) in [5.74, 6) is 0.186. The smallest absolute Gasteiger partial charge is 0.165 e. The Morgan fingerprint density at radius 1 is 1.38 bits per heavy atom. The van der Waals surface area contributed by atoms with Crippen LogP contribution in [0.1, 0.15) is 22.3 Å². The minimum atomic E-state index is -0.0461. The second kappa shape index (κ2) is 5.70. The molecule has 0 heterocycles. The summed E-state index contributed by atoms with van der Waals surface area (Å²) in [6.45, 7) is 0. The van der Waals surface area contributed by atoms with Crippen molar-refractivity contribution in [1.29, 1.82) is 0 Å². The van der Waals surface area contributed by atoms with Crippen molar-refractivity contribution < 1.29 is 19.4 Å². The van der Waals surface area contributed by atoms with E-state index in [1.165, 1.54) is 19.2 Å². The van der Waals surface area contributed by atoms with Crippen LogP contribution in [0.4, 0.5) is 0 Å². The van der Waals surface area contributed by atoms with Crippen molar-refractivity contribution in [2.24, 2.45) is 0 Å². The number of aromatic hydroxyl groups is 1. The predicted octanol–water partition coefficient (Wildman–Crippen LogP) is 1.82. The number of hydrogen-bond acceptors (Lipinski definition) is 4. The first-order valence-electron chi connectivity index (χ1n) is 4.69. The Kier molecular flexibility index (Phi) is 4.27. The Morgan fingerprint density at radius 3 is 2.69 bits per heavy atom. The summed E-state index contributed by atoms with van der Waals surface area (Å²) in [5, 5.41) is 9.73. The van der Waals surface area contributed by atoms with Crippen LogP contribution in [0.5, 0.6) is 11.5 Å². The third kappa shape index (κ3) is 2.70. The lowest BCUT2D eigenvalue weighted by Crippen LogP contribution is -1.89. The molecule has 0 fully saturated rings. The third-order valence-corrected chi connectivity index (χ3v) is 2.01. The van der Waals surface area contributed by atoms with Crippen LogP contribution < -0.4 is 4.74 Å². The molecule has 1 aromatic rings. The molecule has 16 heavy (non-hydrogen) atoms. The van der Waals surface area contributed by atoms with Crippen LogP contribution >= 0.6 is 0 Å². The Morgan fingerprint density at radius 2 is 2.12 bits per heavy atom. The van der Waals surface area contributed by atoms with E-state index in [2.05, 4.69) is 0 Å². The van der Waals surface area contributed by atoms with E-state index < -0.39 is 0 Å². The van der Waals surface area contributed by atoms with Gasteiger partial charge in [0, 0.05) is 17.5 Å². The minimum absolute atomic E-state index is 0.0461. The van der Waals surface area contributed by atoms with Crippen molar-refractivity contribution in [3.05, 3.63) is 29.3 Å². The second-order valence-corrected chi connectivity index (χ2v) is 3.08. The van der Waals surface area contributed by atoms with Gasteiger partial charge in [0.05, 0.1) is 7.11 Å². The largest absolute Gasteiger partial charge is 0.504 e. The zero-order valence-electron chi connectivity index (χ0n) is 8.84. The van der Waals surface area contributed by atoms with Crippen molar-refractivity contribution >= 4 is 18.6 Å². The predicted molar refractivity (Wildman–Crippen MR) is 59.8 cm³/mol. The first-order chi connectivity index (χ1) is 7.72. The maximum atomic E-state index is 10.7. The van der Waals surface area contributed by atoms with Gasteiger partial charge in [0.25, 0.3) is 0 Å². The average molecular weight is 220 g/mol. The van der Waals surface area contributed by atoms with E-state index in [4.69, 9.17) is 4.74 Å². The lowest BCUT2D eigenvalue weighted by Gasteiger charge is -2.07. The molecule has 0 radical (unpaired) electrons. The van der Waals surface area contributed by atoms with Crippen molar-refractivity contribution in [2.45, 2.75) is 6.42 Å². The van der Waals surface area contributed by atoms with Gasteiger partial charge in [-0.2, -0.15) is 0 Å². The highest BCUT2D eigenvalue weighted by Crippen LogP contribution is 2.31. The van der Waals surface area contributed by atoms with Gasteiger partial charge in [0.2, 0.25) is 0 Å². The van der Waals surface area contributed by atoms with Crippen molar-refractivity contribution in [2.75, 3.05) is 7.11 Å². The van der Waals surface area contributed by atoms with E-state index in [0.29, 0.717) is 17.4 Å². The zero-order chi connectivity index (χ0) is 12.0. The number of hydrogen-bond donors (Lipinski definition) is 1. The normalized spacial score (nSPS) is 10.3. The quantitative estimate of drug-likeness (QED) is 0.769. The van der Waals surface area contributed by atoms with Gasteiger partial charge in [0.15, 0.2) is 11.5 Å². The van der Waals surface area contributed by atoms with Gasteiger partial charge in [-0.15, -0.1) is 0 Å². The summed E-state index contributed by atoms with van der Waals surface area (Å²) in [4.78, 5) is 20.8. The van der Waals surface area contributed by atoms with E-state index in [1.54, 1.807) is 12.2 Å². The first kappa shape index (κ1) is 12.0. The molecule has 0 saturated carbocycles. The molecule has 4 nitrogen and oxygen atoms in total. The number of carbonyl (C=O) groups is 2. The lowest BCUT2D eigenvalue weighted by molar-refractivity contribution is -0.107. The van der Waals surface area contributed by atoms with Crippen LogP contribution in [-0.4, -0.2) is 24.8 Å². The molecule has 0 amide bonds. The Bertz CT molecular complexity index is 421. The van der Waals surface area contributed by atoms with E-state index in [9.17, 15) is 14.7 Å². The third-order valence-electron chi connectivity index (χ3n) is 2.01. The number of rotatable bonds is 5. The summed E-state index contributed by atoms with van der Waals surface area (Å²) in [6, 6.07) is 2.96. The van der Waals surface area contributed by atoms with Crippen molar-refractivity contribution in [1.82, 2.24) is 0 Å². The van der Waals surface area contributed by atoms with Gasteiger partial charge in [-0.25, -0.2) is 0 Å². The van der Waals surface area contributed by atoms with Crippen molar-refractivity contribution in [3.63, 3.8) is 0 Å². The van der Waals surface area contributed by atoms with Crippen LogP contribution in [0, 0.1) is 0 Å². The first-order valence-corrected chi connectivity index (χ1v) is 4.69. The summed E-state index contributed by atoms with van der Waals surface area (Å²) in [7, 11) is 1.41. The Balaban J connectivity index is 3.15. The molecule has 0 aliphatic rings. The highest BCUT2D eigenvalue weighted by Gasteiger charge is 2.07. The van der Waals surface area contributed by atoms with Crippen LogP contribution in [-0.2, 0) is 4.79 Å². The van der Waals surface area contributed by atoms with E-state index in [1.807, 2.05) is 0 Å². The highest BCUT2D eigenvalue weighted by atomic mass is 16.5. The number of benzene rings is 1. The van der Waals surface area contributed by atoms with Crippen molar-refractivity contribution in [3.8, 4) is 11.5 Å². The second-order valence-electron chi connectivity index (χ2n) is 3.08. The highest BCUT2D eigenvalue weighted by molar-refractivity contribution is 5.79. The topological polar surface area (TPSA) is 63.6 Å². The summed E-state index contributed by atoms with van der Waals surface area (Å²) in [5.41, 5.74) is 0.851. The monoisotopic (exact) mass is 220 g/mol. The summed E-state index contributed by atoms with van der Waals surface area (Å²) in [6.07, 6.45) is 4.83. The molecule has 4 heteroatoms. The van der Waals surface area contributed by atoms with Gasteiger partial charge < -0.3 is 14.6 Å². The molecular formula is C12H12O4. The number of phenols is 1. The maximum absolute atomic E-state index is 10.7. The average Bonchev–Trinajstić information content (AvgIpc) is 2.31. The molecular weight excluding hydrogens is 208 g/mol. The molecule has 0 aliphatic carbocycles. The van der Waals surface area contributed by atoms with Crippen LogP contribution in [0.3, 0.4) is 0 Å². The number of aldehydes is 2. The van der Waals surface area contributed by atoms with Gasteiger partial charge in [-0.05, 0) is 12.1 Å². The Hall–Kier alpha value is -2.10. The number of phenolic OH excluding ortho intramolecular Hbond substituents is 1. The summed E-state index contributed by atoms with van der Waals surface area (Å²) < 4.78 is 4.92. The molecule has 0 atom stereocenters. The minimum Gasteiger partial charge on any atom is -0.504 e. The molecule has 84 valence electrons. The Labute approximate surface area is 93.2 Å². The van der Waals surface area contributed by atoms with Crippen LogP contribution in [0.15, 0.2) is 18.2 Å². The summed E-state index contributed by atoms with van der Waals surface area (Å²) >= 11 is 0. The fourth-order valence-corrected chi connectivity index (χ4v) is 1.25. The molecule has 0 spiro atoms. The maximum Gasteiger partial charge on any atom is 0.165 e. The fraction of sp³-hybridized carbons (Fsp3) is 0.167. The van der Waals surface area contributed by atoms with Crippen LogP contribution in [0.2, 0.25) is 0 Å². The molecule has 0 aliphatic heterocycles.